The van der Waals surface area contributed by atoms with Gasteiger partial charge in [0, 0.05) is 37.8 Å². The lowest BCUT2D eigenvalue weighted by atomic mass is 10.2. The number of carbonyl (C=O) groups excluding carboxylic acids is 2. The number of phenolic OH excluding ortho intramolecular Hbond substituents is 1. The first-order valence-corrected chi connectivity index (χ1v) is 11.2. The van der Waals surface area contributed by atoms with E-state index >= 15 is 0 Å². The number of carbonyl (C=O) groups is 2. The smallest absolute Gasteiger partial charge is 0.287 e. The number of phenols is 1. The van der Waals surface area contributed by atoms with Crippen molar-refractivity contribution < 1.29 is 27.5 Å². The molecule has 10 heteroatoms. The lowest BCUT2D eigenvalue weighted by Gasteiger charge is -2.14. The number of aryl methyl sites for hydroxylation is 1. The SMILES string of the molecule is Cc1oc(C(=O)NCCCNC(=O)c2cccc(O)c2)cc1S(=O)(=O)N1CCCC1. The van der Waals surface area contributed by atoms with Crippen molar-refractivity contribution >= 4 is 21.8 Å². The second-order valence-electron chi connectivity index (χ2n) is 7.06. The Hall–Kier alpha value is -2.85. The van der Waals surface area contributed by atoms with E-state index in [0.717, 1.165) is 12.8 Å². The molecule has 1 aliphatic heterocycles. The maximum atomic E-state index is 12.7. The van der Waals surface area contributed by atoms with Gasteiger partial charge in [0.05, 0.1) is 0 Å². The monoisotopic (exact) mass is 435 g/mol. The van der Waals surface area contributed by atoms with Gasteiger partial charge in [-0.2, -0.15) is 4.31 Å². The number of sulfonamides is 1. The molecule has 0 radical (unpaired) electrons. The van der Waals surface area contributed by atoms with Gasteiger partial charge >= 0.3 is 0 Å². The lowest BCUT2D eigenvalue weighted by Crippen LogP contribution is -2.30. The van der Waals surface area contributed by atoms with Crippen LogP contribution >= 0.6 is 0 Å². The summed E-state index contributed by atoms with van der Waals surface area (Å²) in [6.07, 6.45) is 2.12. The van der Waals surface area contributed by atoms with Gasteiger partial charge in [0.1, 0.15) is 16.4 Å². The van der Waals surface area contributed by atoms with E-state index in [4.69, 9.17) is 4.42 Å². The molecule has 0 spiro atoms. The van der Waals surface area contributed by atoms with Crippen molar-refractivity contribution in [3.8, 4) is 5.75 Å². The molecule has 0 saturated carbocycles. The molecule has 1 aromatic carbocycles. The van der Waals surface area contributed by atoms with Gasteiger partial charge < -0.3 is 20.2 Å². The van der Waals surface area contributed by atoms with Crippen LogP contribution in [-0.2, 0) is 10.0 Å². The summed E-state index contributed by atoms with van der Waals surface area (Å²) in [5.74, 6) is -0.704. The minimum absolute atomic E-state index is 0.00905. The molecule has 0 bridgehead atoms. The zero-order valence-electron chi connectivity index (χ0n) is 16.7. The molecule has 2 heterocycles. The maximum Gasteiger partial charge on any atom is 0.287 e. The molecule has 1 saturated heterocycles. The third-order valence-corrected chi connectivity index (χ3v) is 6.82. The summed E-state index contributed by atoms with van der Waals surface area (Å²) in [5, 5.41) is 14.7. The fourth-order valence-corrected chi connectivity index (χ4v) is 4.91. The molecule has 0 unspecified atom stereocenters. The van der Waals surface area contributed by atoms with E-state index in [-0.39, 0.29) is 34.6 Å². The molecule has 162 valence electrons. The highest BCUT2D eigenvalue weighted by Gasteiger charge is 2.31. The Morgan fingerprint density at radius 1 is 1.10 bits per heavy atom. The zero-order valence-corrected chi connectivity index (χ0v) is 17.5. The Kier molecular flexibility index (Phi) is 6.78. The van der Waals surface area contributed by atoms with E-state index in [0.29, 0.717) is 31.6 Å². The van der Waals surface area contributed by atoms with E-state index in [1.54, 1.807) is 12.1 Å². The molecule has 1 aromatic heterocycles. The Balaban J connectivity index is 1.48. The van der Waals surface area contributed by atoms with E-state index in [9.17, 15) is 23.1 Å². The Morgan fingerprint density at radius 3 is 2.43 bits per heavy atom. The van der Waals surface area contributed by atoms with Crippen molar-refractivity contribution in [1.82, 2.24) is 14.9 Å². The van der Waals surface area contributed by atoms with Crippen molar-refractivity contribution in [2.45, 2.75) is 31.1 Å². The first kappa shape index (κ1) is 21.8. The summed E-state index contributed by atoms with van der Waals surface area (Å²) in [6.45, 7) is 3.07. The molecular formula is C20H25N3O6S. The number of benzene rings is 1. The predicted octanol–water partition coefficient (Wildman–Crippen LogP) is 1.63. The van der Waals surface area contributed by atoms with Gasteiger partial charge in [0.15, 0.2) is 5.76 Å². The maximum absolute atomic E-state index is 12.7. The third kappa shape index (κ3) is 5.00. The van der Waals surface area contributed by atoms with E-state index in [1.165, 1.54) is 29.4 Å². The van der Waals surface area contributed by atoms with Crippen LogP contribution in [0.4, 0.5) is 0 Å². The largest absolute Gasteiger partial charge is 0.508 e. The van der Waals surface area contributed by atoms with Crippen LogP contribution in [0.1, 0.15) is 45.9 Å². The molecule has 0 atom stereocenters. The number of hydrogen-bond donors (Lipinski definition) is 3. The number of aromatic hydroxyl groups is 1. The molecular weight excluding hydrogens is 410 g/mol. The molecule has 9 nitrogen and oxygen atoms in total. The van der Waals surface area contributed by atoms with Crippen LogP contribution in [0.25, 0.3) is 0 Å². The van der Waals surface area contributed by atoms with Crippen LogP contribution in [-0.4, -0.2) is 55.8 Å². The molecule has 2 aromatic rings. The van der Waals surface area contributed by atoms with Crippen LogP contribution in [0.2, 0.25) is 0 Å². The molecule has 1 aliphatic rings. The molecule has 3 rings (SSSR count). The van der Waals surface area contributed by atoms with E-state index in [1.807, 2.05) is 0 Å². The zero-order chi connectivity index (χ0) is 21.7. The van der Waals surface area contributed by atoms with Crippen molar-refractivity contribution in [3.63, 3.8) is 0 Å². The second kappa shape index (κ2) is 9.31. The quantitative estimate of drug-likeness (QED) is 0.541. The van der Waals surface area contributed by atoms with Crippen LogP contribution in [0.5, 0.6) is 5.75 Å². The van der Waals surface area contributed by atoms with Gasteiger partial charge in [-0.25, -0.2) is 8.42 Å². The summed E-state index contributed by atoms with van der Waals surface area (Å²) in [4.78, 5) is 24.3. The number of furan rings is 1. The number of amides is 2. The summed E-state index contributed by atoms with van der Waals surface area (Å²) >= 11 is 0. The highest BCUT2D eigenvalue weighted by atomic mass is 32.2. The second-order valence-corrected chi connectivity index (χ2v) is 8.96. The first-order chi connectivity index (χ1) is 14.3. The Morgan fingerprint density at radius 2 is 1.77 bits per heavy atom. The van der Waals surface area contributed by atoms with Gasteiger partial charge in [0.2, 0.25) is 10.0 Å². The summed E-state index contributed by atoms with van der Waals surface area (Å²) in [6, 6.07) is 7.27. The number of hydrogen-bond acceptors (Lipinski definition) is 6. The molecule has 0 aliphatic carbocycles. The van der Waals surface area contributed by atoms with Crippen LogP contribution in [0.3, 0.4) is 0 Å². The fraction of sp³-hybridized carbons (Fsp3) is 0.400. The predicted molar refractivity (Wildman–Crippen MR) is 109 cm³/mol. The van der Waals surface area contributed by atoms with Gasteiger partial charge in [-0.05, 0) is 44.4 Å². The van der Waals surface area contributed by atoms with Crippen molar-refractivity contribution in [2.24, 2.45) is 0 Å². The highest BCUT2D eigenvalue weighted by Crippen LogP contribution is 2.26. The van der Waals surface area contributed by atoms with Crippen LogP contribution < -0.4 is 10.6 Å². The van der Waals surface area contributed by atoms with E-state index in [2.05, 4.69) is 10.6 Å². The average molecular weight is 436 g/mol. The van der Waals surface area contributed by atoms with Gasteiger partial charge in [-0.15, -0.1) is 0 Å². The standard InChI is InChI=1S/C20H25N3O6S/c1-14-18(30(27,28)23-10-2-3-11-23)13-17(29-14)20(26)22-9-5-8-21-19(25)15-6-4-7-16(24)12-15/h4,6-7,12-13,24H,2-3,5,8-11H2,1H3,(H,21,25)(H,22,26). The fourth-order valence-electron chi connectivity index (χ4n) is 3.23. The lowest BCUT2D eigenvalue weighted by molar-refractivity contribution is 0.0924. The van der Waals surface area contributed by atoms with E-state index < -0.39 is 15.9 Å². The number of nitrogens with zero attached hydrogens (tertiary/aromatic N) is 1. The number of nitrogens with one attached hydrogen (secondary N) is 2. The van der Waals surface area contributed by atoms with Crippen molar-refractivity contribution in [2.75, 3.05) is 26.2 Å². The van der Waals surface area contributed by atoms with Gasteiger partial charge in [-0.3, -0.25) is 9.59 Å². The van der Waals surface area contributed by atoms with Crippen molar-refractivity contribution in [3.05, 3.63) is 47.4 Å². The van der Waals surface area contributed by atoms with Crippen LogP contribution in [0.15, 0.2) is 39.6 Å². The Bertz CT molecular complexity index is 1020. The van der Waals surface area contributed by atoms with Gasteiger partial charge in [-0.1, -0.05) is 6.07 Å². The average Bonchev–Trinajstić information content (AvgIpc) is 3.38. The first-order valence-electron chi connectivity index (χ1n) is 9.75. The summed E-state index contributed by atoms with van der Waals surface area (Å²) < 4.78 is 32.1. The normalized spacial score (nSPS) is 14.6. The minimum Gasteiger partial charge on any atom is -0.508 e. The van der Waals surface area contributed by atoms with Gasteiger partial charge in [0.25, 0.3) is 11.8 Å². The topological polar surface area (TPSA) is 129 Å². The summed E-state index contributed by atoms with van der Waals surface area (Å²) in [5.41, 5.74) is 0.344. The van der Waals surface area contributed by atoms with Crippen molar-refractivity contribution in [1.29, 1.82) is 0 Å². The molecule has 2 amide bonds. The Labute approximate surface area is 175 Å². The molecule has 1 fully saturated rings. The molecule has 30 heavy (non-hydrogen) atoms. The highest BCUT2D eigenvalue weighted by molar-refractivity contribution is 7.89. The van der Waals surface area contributed by atoms with Crippen LogP contribution in [0, 0.1) is 6.92 Å². The third-order valence-electron chi connectivity index (χ3n) is 4.81. The minimum atomic E-state index is -3.66. The summed E-state index contributed by atoms with van der Waals surface area (Å²) in [7, 11) is -3.66. The molecule has 3 N–H and O–H groups in total. The number of rotatable bonds is 8.